The Labute approximate surface area is 136 Å². The first kappa shape index (κ1) is 15.0. The van der Waals surface area contributed by atoms with Crippen LogP contribution in [0.2, 0.25) is 0 Å². The fourth-order valence-electron chi connectivity index (χ4n) is 2.41. The van der Waals surface area contributed by atoms with Gasteiger partial charge in [-0.2, -0.15) is 0 Å². The largest absolute Gasteiger partial charge is 0.355 e. The number of aryl methyl sites for hydroxylation is 1. The molecule has 0 saturated carbocycles. The lowest BCUT2D eigenvalue weighted by atomic mass is 10.2. The van der Waals surface area contributed by atoms with Crippen molar-refractivity contribution in [3.63, 3.8) is 0 Å². The quantitative estimate of drug-likeness (QED) is 0.768. The lowest BCUT2D eigenvalue weighted by Gasteiger charge is -2.19. The highest BCUT2D eigenvalue weighted by Crippen LogP contribution is 2.21. The van der Waals surface area contributed by atoms with Crippen molar-refractivity contribution in [3.05, 3.63) is 78.1 Å². The zero-order valence-corrected chi connectivity index (χ0v) is 13.4. The van der Waals surface area contributed by atoms with Gasteiger partial charge in [-0.1, -0.05) is 48.5 Å². The first-order valence-corrected chi connectivity index (χ1v) is 7.62. The third kappa shape index (κ3) is 3.86. The molecule has 4 nitrogen and oxygen atoms in total. The fraction of sp³-hybridized carbons (Fsp3) is 0.158. The van der Waals surface area contributed by atoms with Crippen molar-refractivity contribution in [3.8, 4) is 0 Å². The summed E-state index contributed by atoms with van der Waals surface area (Å²) in [6.45, 7) is 2.88. The molecule has 0 amide bonds. The molecule has 0 unspecified atom stereocenters. The third-order valence-corrected chi connectivity index (χ3v) is 3.71. The van der Waals surface area contributed by atoms with Gasteiger partial charge in [-0.15, -0.1) is 0 Å². The van der Waals surface area contributed by atoms with E-state index in [0.29, 0.717) is 0 Å². The van der Waals surface area contributed by atoms with Crippen molar-refractivity contribution >= 4 is 17.3 Å². The van der Waals surface area contributed by atoms with Gasteiger partial charge in [-0.05, 0) is 24.1 Å². The van der Waals surface area contributed by atoms with Gasteiger partial charge in [0.25, 0.3) is 0 Å². The summed E-state index contributed by atoms with van der Waals surface area (Å²) in [6.07, 6.45) is 1.59. The Hall–Kier alpha value is -2.88. The van der Waals surface area contributed by atoms with E-state index in [1.165, 1.54) is 11.1 Å². The van der Waals surface area contributed by atoms with E-state index in [1.807, 2.05) is 49.5 Å². The van der Waals surface area contributed by atoms with Crippen LogP contribution in [0.1, 0.15) is 11.1 Å². The summed E-state index contributed by atoms with van der Waals surface area (Å²) in [5.41, 5.74) is 3.50. The van der Waals surface area contributed by atoms with Gasteiger partial charge in [-0.25, -0.2) is 9.97 Å². The molecule has 2 aromatic carbocycles. The van der Waals surface area contributed by atoms with Crippen molar-refractivity contribution < 1.29 is 0 Å². The second kappa shape index (κ2) is 6.92. The maximum atomic E-state index is 4.37. The van der Waals surface area contributed by atoms with Gasteiger partial charge in [0.05, 0.1) is 0 Å². The smallest absolute Gasteiger partial charge is 0.135 e. The minimum Gasteiger partial charge on any atom is -0.355 e. The molecule has 1 aromatic heterocycles. The number of anilines is 3. The van der Waals surface area contributed by atoms with Crippen molar-refractivity contribution in [2.24, 2.45) is 0 Å². The van der Waals surface area contributed by atoms with Crippen LogP contribution in [0.15, 0.2) is 67.0 Å². The molecule has 0 bridgehead atoms. The summed E-state index contributed by atoms with van der Waals surface area (Å²) < 4.78 is 0. The lowest BCUT2D eigenvalue weighted by Crippen LogP contribution is -2.17. The molecular formula is C19H20N4. The monoisotopic (exact) mass is 304 g/mol. The van der Waals surface area contributed by atoms with E-state index in [9.17, 15) is 0 Å². The predicted molar refractivity (Wildman–Crippen MR) is 95.0 cm³/mol. The molecule has 0 aliphatic rings. The normalized spacial score (nSPS) is 10.3. The number of para-hydroxylation sites is 1. The van der Waals surface area contributed by atoms with E-state index in [0.717, 1.165) is 23.9 Å². The van der Waals surface area contributed by atoms with Gasteiger partial charge >= 0.3 is 0 Å². The van der Waals surface area contributed by atoms with E-state index in [4.69, 9.17) is 0 Å². The second-order valence-corrected chi connectivity index (χ2v) is 5.54. The Morgan fingerprint density at radius 2 is 1.70 bits per heavy atom. The molecule has 3 aromatic rings. The van der Waals surface area contributed by atoms with Crippen LogP contribution in [0.4, 0.5) is 17.3 Å². The Bertz CT molecular complexity index is 771. The highest BCUT2D eigenvalue weighted by atomic mass is 15.2. The molecule has 4 heteroatoms. The number of aromatic nitrogens is 2. The Kier molecular flexibility index (Phi) is 4.52. The van der Waals surface area contributed by atoms with Crippen LogP contribution in [0.3, 0.4) is 0 Å². The van der Waals surface area contributed by atoms with Crippen LogP contribution < -0.4 is 10.2 Å². The number of hydrogen-bond donors (Lipinski definition) is 1. The molecule has 23 heavy (non-hydrogen) atoms. The molecule has 0 radical (unpaired) electrons. The third-order valence-electron chi connectivity index (χ3n) is 3.71. The van der Waals surface area contributed by atoms with E-state index in [1.54, 1.807) is 6.33 Å². The molecule has 0 aliphatic heterocycles. The Morgan fingerprint density at radius 1 is 0.957 bits per heavy atom. The second-order valence-electron chi connectivity index (χ2n) is 5.54. The van der Waals surface area contributed by atoms with Crippen LogP contribution in [-0.4, -0.2) is 17.0 Å². The van der Waals surface area contributed by atoms with Crippen molar-refractivity contribution in [2.45, 2.75) is 13.5 Å². The number of nitrogens with one attached hydrogen (secondary N) is 1. The first-order chi connectivity index (χ1) is 11.2. The molecule has 0 spiro atoms. The molecule has 0 fully saturated rings. The van der Waals surface area contributed by atoms with Gasteiger partial charge in [-0.3, -0.25) is 0 Å². The van der Waals surface area contributed by atoms with Gasteiger partial charge in [0.2, 0.25) is 0 Å². The molecule has 1 heterocycles. The fourth-order valence-corrected chi connectivity index (χ4v) is 2.41. The number of rotatable bonds is 5. The number of nitrogens with zero attached hydrogens (tertiary/aromatic N) is 3. The Balaban J connectivity index is 1.76. The zero-order valence-electron chi connectivity index (χ0n) is 13.4. The maximum absolute atomic E-state index is 4.37. The minimum absolute atomic E-state index is 0.796. The summed E-state index contributed by atoms with van der Waals surface area (Å²) >= 11 is 0. The summed E-state index contributed by atoms with van der Waals surface area (Å²) in [5, 5.41) is 3.35. The SMILES string of the molecule is Cc1ccccc1Nc1cc(N(C)Cc2ccccc2)ncn1. The first-order valence-electron chi connectivity index (χ1n) is 7.62. The van der Waals surface area contributed by atoms with Gasteiger partial charge in [0.1, 0.15) is 18.0 Å². The molecular weight excluding hydrogens is 284 g/mol. The van der Waals surface area contributed by atoms with Gasteiger partial charge in [0, 0.05) is 25.3 Å². The van der Waals surface area contributed by atoms with E-state index < -0.39 is 0 Å². The molecule has 0 saturated heterocycles. The van der Waals surface area contributed by atoms with Crippen molar-refractivity contribution in [1.29, 1.82) is 0 Å². The Morgan fingerprint density at radius 3 is 2.48 bits per heavy atom. The standard InChI is InChI=1S/C19H20N4/c1-15-8-6-7-11-17(15)22-18-12-19(21-14-20-18)23(2)13-16-9-4-3-5-10-16/h3-12,14H,13H2,1-2H3,(H,20,21,22). The summed E-state index contributed by atoms with van der Waals surface area (Å²) in [6, 6.07) is 20.5. The average Bonchev–Trinajstić information content (AvgIpc) is 2.58. The minimum atomic E-state index is 0.796. The predicted octanol–water partition coefficient (Wildman–Crippen LogP) is 4.17. The number of hydrogen-bond acceptors (Lipinski definition) is 4. The van der Waals surface area contributed by atoms with E-state index in [2.05, 4.69) is 45.3 Å². The topological polar surface area (TPSA) is 41.0 Å². The van der Waals surface area contributed by atoms with Crippen LogP contribution in [0.5, 0.6) is 0 Å². The molecule has 1 N–H and O–H groups in total. The van der Waals surface area contributed by atoms with Crippen LogP contribution in [0, 0.1) is 6.92 Å². The van der Waals surface area contributed by atoms with E-state index in [-0.39, 0.29) is 0 Å². The molecule has 0 atom stereocenters. The van der Waals surface area contributed by atoms with Crippen molar-refractivity contribution in [1.82, 2.24) is 9.97 Å². The van der Waals surface area contributed by atoms with Crippen LogP contribution in [-0.2, 0) is 6.54 Å². The average molecular weight is 304 g/mol. The van der Waals surface area contributed by atoms with Gasteiger partial charge < -0.3 is 10.2 Å². The summed E-state index contributed by atoms with van der Waals surface area (Å²) in [4.78, 5) is 10.8. The highest BCUT2D eigenvalue weighted by molar-refractivity contribution is 5.62. The van der Waals surface area contributed by atoms with Crippen molar-refractivity contribution in [2.75, 3.05) is 17.3 Å². The maximum Gasteiger partial charge on any atom is 0.135 e. The zero-order chi connectivity index (χ0) is 16.1. The van der Waals surface area contributed by atoms with Crippen LogP contribution >= 0.6 is 0 Å². The summed E-state index contributed by atoms with van der Waals surface area (Å²) in [5.74, 6) is 1.68. The molecule has 116 valence electrons. The highest BCUT2D eigenvalue weighted by Gasteiger charge is 2.06. The van der Waals surface area contributed by atoms with E-state index >= 15 is 0 Å². The molecule has 0 aliphatic carbocycles. The van der Waals surface area contributed by atoms with Crippen LogP contribution in [0.25, 0.3) is 0 Å². The van der Waals surface area contributed by atoms with Gasteiger partial charge in [0.15, 0.2) is 0 Å². The summed E-state index contributed by atoms with van der Waals surface area (Å²) in [7, 11) is 2.03. The lowest BCUT2D eigenvalue weighted by molar-refractivity contribution is 0.892. The number of benzene rings is 2. The molecule has 3 rings (SSSR count).